The first-order valence-corrected chi connectivity index (χ1v) is 10.5. The third-order valence-corrected chi connectivity index (χ3v) is 4.72. The summed E-state index contributed by atoms with van der Waals surface area (Å²) >= 11 is 0. The van der Waals surface area contributed by atoms with Crippen LogP contribution in [0.3, 0.4) is 0 Å². The fraction of sp³-hybridized carbons (Fsp3) is 0.478. The van der Waals surface area contributed by atoms with Crippen LogP contribution in [0.25, 0.3) is 0 Å². The zero-order chi connectivity index (χ0) is 21.9. The van der Waals surface area contributed by atoms with E-state index in [1.807, 2.05) is 4.90 Å². The molecule has 0 spiro atoms. The van der Waals surface area contributed by atoms with E-state index in [2.05, 4.69) is 37.9 Å². The van der Waals surface area contributed by atoms with Gasteiger partial charge >= 0.3 is 0 Å². The molecule has 0 aliphatic carbocycles. The molecule has 0 saturated carbocycles. The number of amides is 2. The van der Waals surface area contributed by atoms with E-state index in [1.165, 1.54) is 6.26 Å². The first-order valence-electron chi connectivity index (χ1n) is 10.5. The van der Waals surface area contributed by atoms with Crippen LogP contribution >= 0.6 is 0 Å². The molecule has 0 bridgehead atoms. The van der Waals surface area contributed by atoms with E-state index in [0.717, 1.165) is 19.6 Å². The molecule has 0 aliphatic rings. The van der Waals surface area contributed by atoms with E-state index in [-0.39, 0.29) is 24.2 Å². The Hall–Kier alpha value is -2.80. The average molecular weight is 416 g/mol. The van der Waals surface area contributed by atoms with Gasteiger partial charge in [-0.2, -0.15) is 0 Å². The molecule has 0 radical (unpaired) electrons. The molecule has 0 saturated heterocycles. The topological polar surface area (TPSA) is 75.0 Å². The van der Waals surface area contributed by atoms with Gasteiger partial charge < -0.3 is 24.3 Å². The lowest BCUT2D eigenvalue weighted by Crippen LogP contribution is -2.42. The quantitative estimate of drug-likeness (QED) is 0.572. The van der Waals surface area contributed by atoms with E-state index in [4.69, 9.17) is 9.15 Å². The minimum Gasteiger partial charge on any atom is -0.484 e. The van der Waals surface area contributed by atoms with Crippen molar-refractivity contribution in [3.05, 3.63) is 48.4 Å². The van der Waals surface area contributed by atoms with Crippen molar-refractivity contribution >= 4 is 17.5 Å². The minimum absolute atomic E-state index is 0.0409. The Morgan fingerprint density at radius 3 is 2.50 bits per heavy atom. The van der Waals surface area contributed by atoms with Gasteiger partial charge in [0.15, 0.2) is 12.4 Å². The molecule has 1 aromatic carbocycles. The number of likely N-dealkylation sites (N-methyl/N-ethyl adjacent to an activating group) is 1. The third kappa shape index (κ3) is 7.55. The molecular weight excluding hydrogens is 382 g/mol. The maximum absolute atomic E-state index is 12.8. The molecule has 0 atom stereocenters. The van der Waals surface area contributed by atoms with Crippen molar-refractivity contribution in [3.8, 4) is 5.75 Å². The van der Waals surface area contributed by atoms with E-state index >= 15 is 0 Å². The predicted octanol–water partition coefficient (Wildman–Crippen LogP) is 3.74. The van der Waals surface area contributed by atoms with Crippen LogP contribution in [0.5, 0.6) is 5.75 Å². The highest BCUT2D eigenvalue weighted by Crippen LogP contribution is 2.18. The molecule has 0 unspecified atom stereocenters. The van der Waals surface area contributed by atoms with Crippen molar-refractivity contribution in [3.63, 3.8) is 0 Å². The van der Waals surface area contributed by atoms with Gasteiger partial charge in [-0.1, -0.05) is 33.8 Å². The number of furan rings is 1. The molecule has 1 aromatic heterocycles. The number of nitrogens with one attached hydrogen (secondary N) is 1. The van der Waals surface area contributed by atoms with Crippen LogP contribution in [0.1, 0.15) is 38.2 Å². The Kier molecular flexibility index (Phi) is 9.41. The molecule has 7 heteroatoms. The molecule has 30 heavy (non-hydrogen) atoms. The van der Waals surface area contributed by atoms with Gasteiger partial charge in [-0.05, 0) is 43.3 Å². The Morgan fingerprint density at radius 2 is 1.87 bits per heavy atom. The molecule has 2 amide bonds. The van der Waals surface area contributed by atoms with E-state index in [9.17, 15) is 9.59 Å². The van der Waals surface area contributed by atoms with Crippen molar-refractivity contribution in [1.29, 1.82) is 0 Å². The van der Waals surface area contributed by atoms with Crippen LogP contribution in [0, 0.1) is 5.92 Å². The van der Waals surface area contributed by atoms with Crippen LogP contribution in [-0.2, 0) is 4.79 Å². The molecule has 1 N–H and O–H groups in total. The molecule has 164 valence electrons. The van der Waals surface area contributed by atoms with Crippen molar-refractivity contribution in [1.82, 2.24) is 9.80 Å². The number of hydrogen-bond acceptors (Lipinski definition) is 5. The van der Waals surface area contributed by atoms with Gasteiger partial charge in [-0.25, -0.2) is 0 Å². The van der Waals surface area contributed by atoms with Crippen LogP contribution in [0.15, 0.2) is 47.1 Å². The predicted molar refractivity (Wildman–Crippen MR) is 118 cm³/mol. The fourth-order valence-corrected chi connectivity index (χ4v) is 3.06. The van der Waals surface area contributed by atoms with Crippen LogP contribution in [-0.4, -0.2) is 60.9 Å². The lowest BCUT2D eigenvalue weighted by atomic mass is 10.2. The Bertz CT molecular complexity index is 786. The van der Waals surface area contributed by atoms with E-state index in [1.54, 1.807) is 36.4 Å². The number of ether oxygens (including phenoxy) is 1. The lowest BCUT2D eigenvalue weighted by Gasteiger charge is -2.28. The first kappa shape index (κ1) is 23.5. The third-order valence-electron chi connectivity index (χ3n) is 4.72. The van der Waals surface area contributed by atoms with Crippen molar-refractivity contribution in [2.75, 3.05) is 44.6 Å². The molecule has 7 nitrogen and oxygen atoms in total. The second kappa shape index (κ2) is 12.0. The maximum atomic E-state index is 12.8. The van der Waals surface area contributed by atoms with Crippen molar-refractivity contribution < 1.29 is 18.7 Å². The normalized spacial score (nSPS) is 11.0. The van der Waals surface area contributed by atoms with Gasteiger partial charge in [0.2, 0.25) is 0 Å². The van der Waals surface area contributed by atoms with Crippen LogP contribution < -0.4 is 10.1 Å². The minimum atomic E-state index is -0.340. The maximum Gasteiger partial charge on any atom is 0.291 e. The standard InChI is InChI=1S/C23H33N3O4/c1-5-25(6-2)12-13-26(16-18(3)4)22(27)17-30-20-10-7-9-19(15-20)24-23(28)21-11-8-14-29-21/h7-11,14-15,18H,5-6,12-13,16-17H2,1-4H3,(H,24,28). The molecule has 2 aromatic rings. The highest BCUT2D eigenvalue weighted by Gasteiger charge is 2.17. The van der Waals surface area contributed by atoms with Gasteiger partial charge in [0, 0.05) is 31.4 Å². The van der Waals surface area contributed by atoms with E-state index in [0.29, 0.717) is 30.4 Å². The van der Waals surface area contributed by atoms with Crippen LogP contribution in [0.2, 0.25) is 0 Å². The van der Waals surface area contributed by atoms with Crippen molar-refractivity contribution in [2.45, 2.75) is 27.7 Å². The number of anilines is 1. The summed E-state index contributed by atoms with van der Waals surface area (Å²) in [4.78, 5) is 29.0. The number of carbonyl (C=O) groups is 2. The summed E-state index contributed by atoms with van der Waals surface area (Å²) in [5.74, 6) is 0.752. The Labute approximate surface area is 179 Å². The lowest BCUT2D eigenvalue weighted by molar-refractivity contribution is -0.134. The summed E-state index contributed by atoms with van der Waals surface area (Å²) < 4.78 is 10.8. The Balaban J connectivity index is 1.93. The van der Waals surface area contributed by atoms with Crippen LogP contribution in [0.4, 0.5) is 5.69 Å². The van der Waals surface area contributed by atoms with Gasteiger partial charge in [0.05, 0.1) is 6.26 Å². The number of hydrogen-bond donors (Lipinski definition) is 1. The first-order chi connectivity index (χ1) is 14.4. The molecule has 0 fully saturated rings. The van der Waals surface area contributed by atoms with Gasteiger partial charge in [0.25, 0.3) is 11.8 Å². The second-order valence-corrected chi connectivity index (χ2v) is 7.51. The summed E-state index contributed by atoms with van der Waals surface area (Å²) in [5.41, 5.74) is 0.571. The number of nitrogens with zero attached hydrogens (tertiary/aromatic N) is 2. The largest absolute Gasteiger partial charge is 0.484 e. The zero-order valence-electron chi connectivity index (χ0n) is 18.4. The van der Waals surface area contributed by atoms with Gasteiger partial charge in [0.1, 0.15) is 5.75 Å². The monoisotopic (exact) mass is 415 g/mol. The highest BCUT2D eigenvalue weighted by molar-refractivity contribution is 6.02. The number of rotatable bonds is 12. The molecule has 1 heterocycles. The molecule has 0 aliphatic heterocycles. The van der Waals surface area contributed by atoms with Gasteiger partial charge in [-0.15, -0.1) is 0 Å². The SMILES string of the molecule is CCN(CC)CCN(CC(C)C)C(=O)COc1cccc(NC(=O)c2ccco2)c1. The smallest absolute Gasteiger partial charge is 0.291 e. The van der Waals surface area contributed by atoms with Gasteiger partial charge in [-0.3, -0.25) is 9.59 Å². The van der Waals surface area contributed by atoms with E-state index < -0.39 is 0 Å². The summed E-state index contributed by atoms with van der Waals surface area (Å²) in [7, 11) is 0. The average Bonchev–Trinajstić information content (AvgIpc) is 3.27. The summed E-state index contributed by atoms with van der Waals surface area (Å²) in [6.45, 7) is 12.6. The molecular formula is C23H33N3O4. The van der Waals surface area contributed by atoms with Crippen molar-refractivity contribution in [2.24, 2.45) is 5.92 Å². The summed E-state index contributed by atoms with van der Waals surface area (Å²) in [6.07, 6.45) is 1.45. The second-order valence-electron chi connectivity index (χ2n) is 7.51. The fourth-order valence-electron chi connectivity index (χ4n) is 3.06. The zero-order valence-corrected chi connectivity index (χ0v) is 18.4. The number of benzene rings is 1. The molecule has 2 rings (SSSR count). The summed E-state index contributed by atoms with van der Waals surface area (Å²) in [6, 6.07) is 10.2. The summed E-state index contributed by atoms with van der Waals surface area (Å²) in [5, 5.41) is 2.75. The Morgan fingerprint density at radius 1 is 1.10 bits per heavy atom. The number of carbonyl (C=O) groups excluding carboxylic acids is 2. The highest BCUT2D eigenvalue weighted by atomic mass is 16.5.